The maximum Gasteiger partial charge on any atom is 0.205 e. The first-order valence-electron chi connectivity index (χ1n) is 12.4. The maximum atomic E-state index is 14.7. The smallest absolute Gasteiger partial charge is 0.205 e. The summed E-state index contributed by atoms with van der Waals surface area (Å²) in [5, 5.41) is 5.39. The summed E-state index contributed by atoms with van der Waals surface area (Å²) in [7, 11) is -4.88. The lowest BCUT2D eigenvalue weighted by Crippen LogP contribution is -2.41. The molecule has 5 heteroatoms. The summed E-state index contributed by atoms with van der Waals surface area (Å²) in [5.41, 5.74) is 2.31. The molecule has 186 valence electrons. The first-order valence-corrected chi connectivity index (χ1v) is 17.0. The number of rotatable bonds is 10. The molecule has 1 N–H and O–H groups in total. The van der Waals surface area contributed by atoms with Gasteiger partial charge in [0.25, 0.3) is 0 Å². The molecule has 0 amide bonds. The van der Waals surface area contributed by atoms with Crippen LogP contribution in [0.4, 0.5) is 0 Å². The average Bonchev–Trinajstić information content (AvgIpc) is 2.84. The molecule has 0 aliphatic rings. The molecule has 0 heterocycles. The van der Waals surface area contributed by atoms with Crippen LogP contribution in [0, 0.1) is 0 Å². The van der Waals surface area contributed by atoms with Gasteiger partial charge >= 0.3 is 0 Å². The molecule has 1 atom stereocenters. The van der Waals surface area contributed by atoms with Gasteiger partial charge in [-0.1, -0.05) is 99.2 Å². The van der Waals surface area contributed by atoms with E-state index in [1.807, 2.05) is 78.9 Å². The Morgan fingerprint density at radius 2 is 1.34 bits per heavy atom. The van der Waals surface area contributed by atoms with Gasteiger partial charge in [-0.2, -0.15) is 0 Å². The van der Waals surface area contributed by atoms with E-state index in [2.05, 4.69) is 64.1 Å². The zero-order valence-corrected chi connectivity index (χ0v) is 23.9. The van der Waals surface area contributed by atoms with E-state index >= 15 is 0 Å². The van der Waals surface area contributed by atoms with Crippen LogP contribution in [0.1, 0.15) is 45.7 Å². The van der Waals surface area contributed by atoms with E-state index in [4.69, 9.17) is 4.43 Å². The van der Waals surface area contributed by atoms with Gasteiger partial charge in [0.2, 0.25) is 7.29 Å². The van der Waals surface area contributed by atoms with Crippen LogP contribution in [-0.4, -0.2) is 14.9 Å². The van der Waals surface area contributed by atoms with Crippen molar-refractivity contribution in [2.45, 2.75) is 58.3 Å². The molecule has 3 aromatic carbocycles. The quantitative estimate of drug-likeness (QED) is 0.175. The van der Waals surface area contributed by atoms with Crippen molar-refractivity contribution >= 4 is 26.2 Å². The van der Waals surface area contributed by atoms with Crippen LogP contribution in [-0.2, 0) is 8.99 Å². The zero-order chi connectivity index (χ0) is 25.5. The largest absolute Gasteiger partial charge is 0.417 e. The van der Waals surface area contributed by atoms with Gasteiger partial charge in [-0.25, -0.2) is 5.09 Å². The summed E-state index contributed by atoms with van der Waals surface area (Å²) in [6.45, 7) is 14.2. The van der Waals surface area contributed by atoms with Gasteiger partial charge < -0.3 is 4.43 Å². The maximum absolute atomic E-state index is 14.7. The van der Waals surface area contributed by atoms with Gasteiger partial charge in [0, 0.05) is 17.2 Å². The summed E-state index contributed by atoms with van der Waals surface area (Å²) in [4.78, 5) is 0. The molecule has 0 fully saturated rings. The highest BCUT2D eigenvalue weighted by Crippen LogP contribution is 2.42. The Labute approximate surface area is 213 Å². The van der Waals surface area contributed by atoms with Crippen LogP contribution in [0.5, 0.6) is 0 Å². The fourth-order valence-electron chi connectivity index (χ4n) is 3.69. The molecular weight excluding hydrogens is 465 g/mol. The minimum absolute atomic E-state index is 0.191. The minimum atomic E-state index is -3.10. The standard InChI is InChI=1S/C30H40NO2PSi/c1-25(22-23-33-35(5,6)30(2,3)4)24-29(26-16-10-7-11-17-26)31-34(32,27-18-12-8-13-19-27)28-20-14-9-15-21-28/h7-21,24,29H,22-23H2,1-6H3,(H,31,32)/b25-24+. The lowest BCUT2D eigenvalue weighted by Gasteiger charge is -2.36. The molecule has 0 radical (unpaired) electrons. The van der Waals surface area contributed by atoms with Crippen molar-refractivity contribution < 1.29 is 8.99 Å². The summed E-state index contributed by atoms with van der Waals surface area (Å²) < 4.78 is 21.1. The third kappa shape index (κ3) is 7.14. The van der Waals surface area contributed by atoms with Gasteiger partial charge in [-0.3, -0.25) is 4.57 Å². The molecule has 35 heavy (non-hydrogen) atoms. The van der Waals surface area contributed by atoms with Crippen molar-refractivity contribution in [3.8, 4) is 0 Å². The van der Waals surface area contributed by atoms with Crippen molar-refractivity contribution in [3.05, 3.63) is 108 Å². The van der Waals surface area contributed by atoms with Crippen molar-refractivity contribution in [2.75, 3.05) is 6.61 Å². The van der Waals surface area contributed by atoms with E-state index in [1.165, 1.54) is 5.57 Å². The predicted octanol–water partition coefficient (Wildman–Crippen LogP) is 7.60. The number of nitrogens with one attached hydrogen (secondary N) is 1. The van der Waals surface area contributed by atoms with Crippen LogP contribution in [0.2, 0.25) is 18.1 Å². The Balaban J connectivity index is 1.92. The summed E-state index contributed by atoms with van der Waals surface area (Å²) >= 11 is 0. The summed E-state index contributed by atoms with van der Waals surface area (Å²) in [5.74, 6) is 0. The second-order valence-electron chi connectivity index (χ2n) is 10.7. The highest BCUT2D eigenvalue weighted by molar-refractivity contribution is 7.76. The molecule has 0 spiro atoms. The van der Waals surface area contributed by atoms with E-state index in [0.717, 1.165) is 22.6 Å². The van der Waals surface area contributed by atoms with E-state index in [9.17, 15) is 4.57 Å². The predicted molar refractivity (Wildman–Crippen MR) is 154 cm³/mol. The highest BCUT2D eigenvalue weighted by Gasteiger charge is 2.37. The second-order valence-corrected chi connectivity index (χ2v) is 18.0. The van der Waals surface area contributed by atoms with Crippen molar-refractivity contribution in [1.82, 2.24) is 5.09 Å². The van der Waals surface area contributed by atoms with Crippen LogP contribution in [0.25, 0.3) is 0 Å². The van der Waals surface area contributed by atoms with Crippen LogP contribution in [0.15, 0.2) is 103 Å². The fraction of sp³-hybridized carbons (Fsp3) is 0.333. The third-order valence-corrected chi connectivity index (χ3v) is 14.2. The van der Waals surface area contributed by atoms with Gasteiger partial charge in [-0.15, -0.1) is 0 Å². The molecule has 0 bridgehead atoms. The topological polar surface area (TPSA) is 38.3 Å². The molecule has 1 unspecified atom stereocenters. The molecule has 0 saturated carbocycles. The van der Waals surface area contributed by atoms with Gasteiger partial charge in [0.05, 0.1) is 6.04 Å². The van der Waals surface area contributed by atoms with E-state index in [0.29, 0.717) is 6.61 Å². The third-order valence-electron chi connectivity index (χ3n) is 6.94. The fourth-order valence-corrected chi connectivity index (χ4v) is 7.13. The SMILES string of the molecule is C/C(=C\C(NP(=O)(c1ccccc1)c1ccccc1)c1ccccc1)CCO[Si](C)(C)C(C)(C)C. The van der Waals surface area contributed by atoms with Crippen molar-refractivity contribution in [1.29, 1.82) is 0 Å². The van der Waals surface area contributed by atoms with Gasteiger partial charge in [-0.05, 0) is 61.3 Å². The number of benzene rings is 3. The van der Waals surface area contributed by atoms with E-state index in [-0.39, 0.29) is 11.1 Å². The van der Waals surface area contributed by atoms with Crippen LogP contribution >= 0.6 is 7.29 Å². The van der Waals surface area contributed by atoms with Gasteiger partial charge in [0.1, 0.15) is 0 Å². The molecule has 3 rings (SSSR count). The van der Waals surface area contributed by atoms with Crippen LogP contribution in [0.3, 0.4) is 0 Å². The van der Waals surface area contributed by atoms with Crippen molar-refractivity contribution in [3.63, 3.8) is 0 Å². The first kappa shape index (κ1) is 27.4. The molecular formula is C30H40NO2PSi. The van der Waals surface area contributed by atoms with Crippen LogP contribution < -0.4 is 15.7 Å². The highest BCUT2D eigenvalue weighted by atomic mass is 31.2. The zero-order valence-electron chi connectivity index (χ0n) is 22.0. The average molecular weight is 506 g/mol. The molecule has 3 nitrogen and oxygen atoms in total. The monoisotopic (exact) mass is 505 g/mol. The molecule has 0 aromatic heterocycles. The lowest BCUT2D eigenvalue weighted by atomic mass is 10.0. The Bertz CT molecular complexity index is 1100. The number of hydrogen-bond donors (Lipinski definition) is 1. The Morgan fingerprint density at radius 3 is 1.80 bits per heavy atom. The molecule has 0 aliphatic heterocycles. The number of hydrogen-bond acceptors (Lipinski definition) is 2. The lowest BCUT2D eigenvalue weighted by molar-refractivity contribution is 0.291. The second kappa shape index (κ2) is 11.7. The van der Waals surface area contributed by atoms with E-state index < -0.39 is 15.6 Å². The summed E-state index contributed by atoms with van der Waals surface area (Å²) in [6, 6.07) is 29.6. The van der Waals surface area contributed by atoms with Crippen molar-refractivity contribution in [2.24, 2.45) is 0 Å². The first-order chi connectivity index (χ1) is 16.5. The Morgan fingerprint density at radius 1 is 0.886 bits per heavy atom. The van der Waals surface area contributed by atoms with Gasteiger partial charge in [0.15, 0.2) is 8.32 Å². The molecule has 3 aromatic rings. The Hall–Kier alpha value is -2.23. The summed E-state index contributed by atoms with van der Waals surface area (Å²) in [6.07, 6.45) is 3.06. The Kier molecular flexibility index (Phi) is 9.12. The molecule has 0 aliphatic carbocycles. The minimum Gasteiger partial charge on any atom is -0.417 e. The normalized spacial score (nSPS) is 14.1. The molecule has 0 saturated heterocycles. The van der Waals surface area contributed by atoms with E-state index in [1.54, 1.807) is 0 Å².